The Morgan fingerprint density at radius 2 is 2.00 bits per heavy atom. The van der Waals surface area contributed by atoms with Gasteiger partial charge in [-0.1, -0.05) is 41.4 Å². The normalized spacial score (nSPS) is 10.7. The Hall–Kier alpha value is -2.37. The summed E-state index contributed by atoms with van der Waals surface area (Å²) in [5, 5.41) is 3.15. The maximum atomic E-state index is 13.2. The third-order valence-corrected chi connectivity index (χ3v) is 4.03. The predicted octanol–water partition coefficient (Wildman–Crippen LogP) is 4.64. The van der Waals surface area contributed by atoms with Gasteiger partial charge in [0.1, 0.15) is 5.82 Å². The summed E-state index contributed by atoms with van der Waals surface area (Å²) in [7, 11) is 0. The van der Waals surface area contributed by atoms with Crippen LogP contribution >= 0.6 is 23.2 Å². The maximum absolute atomic E-state index is 13.2. The summed E-state index contributed by atoms with van der Waals surface area (Å²) in [4.78, 5) is 23.4. The van der Waals surface area contributed by atoms with Crippen LogP contribution in [0.5, 0.6) is 0 Å². The van der Waals surface area contributed by atoms with Crippen LogP contribution in [0.3, 0.4) is 0 Å². The second-order valence-electron chi connectivity index (χ2n) is 5.09. The third kappa shape index (κ3) is 5.59. The van der Waals surface area contributed by atoms with Crippen molar-refractivity contribution in [3.8, 4) is 0 Å². The molecule has 0 aliphatic carbocycles. The molecule has 0 spiro atoms. The summed E-state index contributed by atoms with van der Waals surface area (Å²) >= 11 is 11.9. The summed E-state index contributed by atoms with van der Waals surface area (Å²) < 4.78 is 18.0. The van der Waals surface area contributed by atoms with Crippen LogP contribution in [0.1, 0.15) is 11.1 Å². The van der Waals surface area contributed by atoms with Gasteiger partial charge in [-0.2, -0.15) is 0 Å². The average Bonchev–Trinajstić information content (AvgIpc) is 2.57. The summed E-state index contributed by atoms with van der Waals surface area (Å²) in [6.07, 6.45) is 2.57. The van der Waals surface area contributed by atoms with Crippen molar-refractivity contribution in [2.45, 2.75) is 6.92 Å². The number of aryl methyl sites for hydroxylation is 1. The Balaban J connectivity index is 1.89. The van der Waals surface area contributed by atoms with Gasteiger partial charge in [0.25, 0.3) is 5.91 Å². The fourth-order valence-electron chi connectivity index (χ4n) is 1.91. The molecule has 0 saturated carbocycles. The van der Waals surface area contributed by atoms with Crippen LogP contribution in [0, 0.1) is 12.7 Å². The predicted molar refractivity (Wildman–Crippen MR) is 96.2 cm³/mol. The van der Waals surface area contributed by atoms with Crippen molar-refractivity contribution < 1.29 is 18.7 Å². The van der Waals surface area contributed by atoms with Gasteiger partial charge in [-0.25, -0.2) is 9.18 Å². The van der Waals surface area contributed by atoms with Crippen molar-refractivity contribution in [2.75, 3.05) is 11.9 Å². The number of esters is 1. The van der Waals surface area contributed by atoms with Crippen molar-refractivity contribution in [3.05, 3.63) is 69.5 Å². The highest BCUT2D eigenvalue weighted by atomic mass is 35.5. The molecule has 0 radical (unpaired) electrons. The number of anilines is 1. The van der Waals surface area contributed by atoms with Crippen LogP contribution in [-0.4, -0.2) is 18.5 Å². The first-order valence-electron chi connectivity index (χ1n) is 7.21. The molecule has 25 heavy (non-hydrogen) atoms. The van der Waals surface area contributed by atoms with Crippen molar-refractivity contribution in [3.63, 3.8) is 0 Å². The van der Waals surface area contributed by atoms with E-state index in [1.807, 2.05) is 0 Å². The van der Waals surface area contributed by atoms with Crippen LogP contribution in [0.4, 0.5) is 10.1 Å². The zero-order chi connectivity index (χ0) is 18.4. The molecular formula is C18H14Cl2FNO3. The molecule has 7 heteroatoms. The van der Waals surface area contributed by atoms with E-state index in [0.29, 0.717) is 26.9 Å². The quantitative estimate of drug-likeness (QED) is 0.606. The minimum atomic E-state index is -0.720. The second-order valence-corrected chi connectivity index (χ2v) is 5.88. The van der Waals surface area contributed by atoms with E-state index in [9.17, 15) is 14.0 Å². The highest BCUT2D eigenvalue weighted by Crippen LogP contribution is 2.26. The summed E-state index contributed by atoms with van der Waals surface area (Å²) in [6.45, 7) is 1.22. The van der Waals surface area contributed by atoms with E-state index in [1.165, 1.54) is 24.3 Å². The van der Waals surface area contributed by atoms with Crippen LogP contribution < -0.4 is 5.32 Å². The molecular weight excluding hydrogens is 368 g/mol. The van der Waals surface area contributed by atoms with Crippen molar-refractivity contribution in [2.24, 2.45) is 0 Å². The zero-order valence-electron chi connectivity index (χ0n) is 13.2. The van der Waals surface area contributed by atoms with Gasteiger partial charge in [0.05, 0.1) is 10.0 Å². The van der Waals surface area contributed by atoms with E-state index in [0.717, 1.165) is 6.08 Å². The molecule has 0 bridgehead atoms. The lowest BCUT2D eigenvalue weighted by Crippen LogP contribution is -2.20. The number of halogens is 3. The van der Waals surface area contributed by atoms with Gasteiger partial charge >= 0.3 is 5.97 Å². The Labute approximate surface area is 154 Å². The number of nitrogens with one attached hydrogen (secondary N) is 1. The fraction of sp³-hybridized carbons (Fsp3) is 0.111. The smallest absolute Gasteiger partial charge is 0.331 e. The van der Waals surface area contributed by atoms with Gasteiger partial charge in [-0.3, -0.25) is 4.79 Å². The largest absolute Gasteiger partial charge is 0.452 e. The number of carbonyl (C=O) groups is 2. The standard InChI is InChI=1S/C18H14Cl2FNO3/c1-11-5-7-13(21)9-15(11)22-16(23)10-25-17(24)8-6-12-3-2-4-14(19)18(12)20/h2-9H,10H2,1H3,(H,22,23)/b8-6+. The minimum Gasteiger partial charge on any atom is -0.452 e. The third-order valence-electron chi connectivity index (χ3n) is 3.20. The molecule has 2 aromatic carbocycles. The molecule has 0 aromatic heterocycles. The van der Waals surface area contributed by atoms with Crippen molar-refractivity contribution >= 4 is 46.8 Å². The molecule has 2 aromatic rings. The van der Waals surface area contributed by atoms with Gasteiger partial charge in [0.15, 0.2) is 6.61 Å². The first-order chi connectivity index (χ1) is 11.9. The number of benzene rings is 2. The summed E-state index contributed by atoms with van der Waals surface area (Å²) in [5.41, 5.74) is 1.56. The van der Waals surface area contributed by atoms with Gasteiger partial charge in [-0.05, 0) is 42.3 Å². The Morgan fingerprint density at radius 1 is 1.24 bits per heavy atom. The number of hydrogen-bond donors (Lipinski definition) is 1. The monoisotopic (exact) mass is 381 g/mol. The average molecular weight is 382 g/mol. The highest BCUT2D eigenvalue weighted by Gasteiger charge is 2.08. The van der Waals surface area contributed by atoms with Gasteiger partial charge in [0, 0.05) is 11.8 Å². The van der Waals surface area contributed by atoms with Crippen LogP contribution in [0.15, 0.2) is 42.5 Å². The molecule has 0 aliphatic rings. The molecule has 4 nitrogen and oxygen atoms in total. The van der Waals surface area contributed by atoms with E-state index in [1.54, 1.807) is 25.1 Å². The van der Waals surface area contributed by atoms with Crippen LogP contribution in [0.25, 0.3) is 6.08 Å². The lowest BCUT2D eigenvalue weighted by molar-refractivity contribution is -0.142. The molecule has 2 rings (SSSR count). The zero-order valence-corrected chi connectivity index (χ0v) is 14.7. The molecule has 0 saturated heterocycles. The Morgan fingerprint density at radius 3 is 2.76 bits per heavy atom. The lowest BCUT2D eigenvalue weighted by Gasteiger charge is -2.08. The summed E-state index contributed by atoms with van der Waals surface area (Å²) in [5.74, 6) is -1.77. The Kier molecular flexibility index (Phi) is 6.56. The molecule has 0 aliphatic heterocycles. The molecule has 0 fully saturated rings. The van der Waals surface area contributed by atoms with E-state index >= 15 is 0 Å². The molecule has 0 atom stereocenters. The topological polar surface area (TPSA) is 55.4 Å². The number of amides is 1. The number of hydrogen-bond acceptors (Lipinski definition) is 3. The van der Waals surface area contributed by atoms with E-state index in [-0.39, 0.29) is 0 Å². The van der Waals surface area contributed by atoms with Gasteiger partial charge in [0.2, 0.25) is 0 Å². The van der Waals surface area contributed by atoms with Gasteiger partial charge in [-0.15, -0.1) is 0 Å². The van der Waals surface area contributed by atoms with Crippen molar-refractivity contribution in [1.29, 1.82) is 0 Å². The van der Waals surface area contributed by atoms with Gasteiger partial charge < -0.3 is 10.1 Å². The first-order valence-corrected chi connectivity index (χ1v) is 7.97. The summed E-state index contributed by atoms with van der Waals surface area (Å²) in [6, 6.07) is 9.00. The van der Waals surface area contributed by atoms with Crippen LogP contribution in [-0.2, 0) is 14.3 Å². The fourth-order valence-corrected chi connectivity index (χ4v) is 2.28. The Bertz CT molecular complexity index is 837. The van der Waals surface area contributed by atoms with E-state index < -0.39 is 24.3 Å². The van der Waals surface area contributed by atoms with E-state index in [2.05, 4.69) is 5.32 Å². The highest BCUT2D eigenvalue weighted by molar-refractivity contribution is 6.42. The number of rotatable bonds is 5. The molecule has 1 N–H and O–H groups in total. The minimum absolute atomic E-state index is 0.313. The first kappa shape index (κ1) is 19.0. The number of carbonyl (C=O) groups excluding carboxylic acids is 2. The molecule has 130 valence electrons. The molecule has 1 amide bonds. The molecule has 0 unspecified atom stereocenters. The molecule has 0 heterocycles. The lowest BCUT2D eigenvalue weighted by atomic mass is 10.2. The SMILES string of the molecule is Cc1ccc(F)cc1NC(=O)COC(=O)/C=C/c1cccc(Cl)c1Cl. The van der Waals surface area contributed by atoms with Crippen LogP contribution in [0.2, 0.25) is 10.0 Å². The van der Waals surface area contributed by atoms with Crippen molar-refractivity contribution in [1.82, 2.24) is 0 Å². The van der Waals surface area contributed by atoms with E-state index in [4.69, 9.17) is 27.9 Å². The second kappa shape index (κ2) is 8.65. The maximum Gasteiger partial charge on any atom is 0.331 e. The number of ether oxygens (including phenoxy) is 1.